The molecular formula is C19H18N4. The van der Waals surface area contributed by atoms with E-state index < -0.39 is 0 Å². The van der Waals surface area contributed by atoms with Crippen LogP contribution in [0.15, 0.2) is 60.8 Å². The highest BCUT2D eigenvalue weighted by Gasteiger charge is 2.16. The summed E-state index contributed by atoms with van der Waals surface area (Å²) in [7, 11) is 0. The van der Waals surface area contributed by atoms with Crippen LogP contribution in [0, 0.1) is 0 Å². The Hall–Kier alpha value is -2.88. The first-order valence-electron chi connectivity index (χ1n) is 7.87. The molecule has 0 bridgehead atoms. The van der Waals surface area contributed by atoms with Crippen molar-refractivity contribution in [2.75, 3.05) is 17.2 Å². The third-order valence-corrected chi connectivity index (χ3v) is 4.05. The summed E-state index contributed by atoms with van der Waals surface area (Å²) in [5.74, 6) is 0.671. The molecule has 1 aliphatic heterocycles. The summed E-state index contributed by atoms with van der Waals surface area (Å²) < 4.78 is 0. The average molecular weight is 302 g/mol. The number of rotatable bonds is 3. The lowest BCUT2D eigenvalue weighted by molar-refractivity contribution is 0.986. The Bertz CT molecular complexity index is 815. The van der Waals surface area contributed by atoms with E-state index in [1.54, 1.807) is 0 Å². The van der Waals surface area contributed by atoms with E-state index in [4.69, 9.17) is 4.98 Å². The second kappa shape index (κ2) is 6.08. The van der Waals surface area contributed by atoms with Crippen molar-refractivity contribution in [2.45, 2.75) is 13.0 Å². The van der Waals surface area contributed by atoms with Gasteiger partial charge in [0, 0.05) is 30.5 Å². The summed E-state index contributed by atoms with van der Waals surface area (Å²) in [4.78, 5) is 9.24. The van der Waals surface area contributed by atoms with Crippen molar-refractivity contribution in [1.29, 1.82) is 0 Å². The zero-order valence-electron chi connectivity index (χ0n) is 12.8. The number of anilines is 2. The molecule has 4 nitrogen and oxygen atoms in total. The molecule has 4 heteroatoms. The molecule has 23 heavy (non-hydrogen) atoms. The molecule has 1 aromatic heterocycles. The molecule has 0 unspecified atom stereocenters. The van der Waals surface area contributed by atoms with Crippen LogP contribution in [0.4, 0.5) is 11.6 Å². The maximum atomic E-state index is 4.77. The molecule has 0 saturated carbocycles. The van der Waals surface area contributed by atoms with Gasteiger partial charge >= 0.3 is 0 Å². The molecule has 0 amide bonds. The van der Waals surface area contributed by atoms with Crippen molar-refractivity contribution >= 4 is 11.6 Å². The minimum atomic E-state index is 0.671. The lowest BCUT2D eigenvalue weighted by Gasteiger charge is -2.10. The van der Waals surface area contributed by atoms with Crippen LogP contribution in [-0.4, -0.2) is 16.5 Å². The van der Waals surface area contributed by atoms with Crippen molar-refractivity contribution in [3.63, 3.8) is 0 Å². The second-order valence-electron chi connectivity index (χ2n) is 5.63. The van der Waals surface area contributed by atoms with E-state index in [2.05, 4.69) is 45.9 Å². The third-order valence-electron chi connectivity index (χ3n) is 4.05. The Morgan fingerprint density at radius 2 is 1.83 bits per heavy atom. The number of hydrogen-bond donors (Lipinski definition) is 2. The molecule has 0 radical (unpaired) electrons. The van der Waals surface area contributed by atoms with Gasteiger partial charge in [-0.3, -0.25) is 0 Å². The monoisotopic (exact) mass is 302 g/mol. The normalized spacial score (nSPS) is 12.5. The Kier molecular flexibility index (Phi) is 3.64. The summed E-state index contributed by atoms with van der Waals surface area (Å²) in [5, 5.41) is 6.78. The van der Waals surface area contributed by atoms with E-state index in [0.29, 0.717) is 5.95 Å². The predicted molar refractivity (Wildman–Crippen MR) is 93.4 cm³/mol. The van der Waals surface area contributed by atoms with E-state index in [9.17, 15) is 0 Å². The number of nitrogens with zero attached hydrogens (tertiary/aromatic N) is 2. The van der Waals surface area contributed by atoms with Gasteiger partial charge in [0.2, 0.25) is 5.95 Å². The predicted octanol–water partition coefficient (Wildman–Crippen LogP) is 3.72. The molecular weight excluding hydrogens is 284 g/mol. The summed E-state index contributed by atoms with van der Waals surface area (Å²) in [6, 6.07) is 18.6. The van der Waals surface area contributed by atoms with Gasteiger partial charge in [-0.25, -0.2) is 9.97 Å². The summed E-state index contributed by atoms with van der Waals surface area (Å²) in [6.07, 6.45) is 2.88. The fourth-order valence-corrected chi connectivity index (χ4v) is 2.86. The molecule has 4 rings (SSSR count). The third kappa shape index (κ3) is 2.88. The molecule has 3 aromatic rings. The molecule has 2 N–H and O–H groups in total. The lowest BCUT2D eigenvalue weighted by Crippen LogP contribution is -2.06. The molecule has 0 fully saturated rings. The van der Waals surface area contributed by atoms with Crippen molar-refractivity contribution < 1.29 is 0 Å². The molecule has 0 atom stereocenters. The van der Waals surface area contributed by atoms with E-state index >= 15 is 0 Å². The first-order valence-corrected chi connectivity index (χ1v) is 7.87. The Morgan fingerprint density at radius 1 is 1.00 bits per heavy atom. The van der Waals surface area contributed by atoms with Crippen LogP contribution < -0.4 is 10.6 Å². The van der Waals surface area contributed by atoms with Crippen LogP contribution in [0.1, 0.15) is 11.1 Å². The van der Waals surface area contributed by atoms with Gasteiger partial charge in [-0.1, -0.05) is 48.5 Å². The largest absolute Gasteiger partial charge is 0.384 e. The molecule has 2 heterocycles. The highest BCUT2D eigenvalue weighted by Crippen LogP contribution is 2.32. The minimum Gasteiger partial charge on any atom is -0.384 e. The number of fused-ring (bicyclic) bond motifs is 3. The van der Waals surface area contributed by atoms with Crippen molar-refractivity contribution in [3.8, 4) is 11.3 Å². The molecule has 114 valence electrons. The first kappa shape index (κ1) is 13.8. The van der Waals surface area contributed by atoms with Gasteiger partial charge in [-0.05, 0) is 23.6 Å². The van der Waals surface area contributed by atoms with Crippen LogP contribution in [0.3, 0.4) is 0 Å². The molecule has 0 aliphatic carbocycles. The molecule has 2 aromatic carbocycles. The van der Waals surface area contributed by atoms with Crippen LogP contribution in [0.2, 0.25) is 0 Å². The zero-order valence-corrected chi connectivity index (χ0v) is 12.8. The van der Waals surface area contributed by atoms with Gasteiger partial charge in [-0.15, -0.1) is 0 Å². The van der Waals surface area contributed by atoms with Gasteiger partial charge < -0.3 is 10.6 Å². The van der Waals surface area contributed by atoms with Crippen molar-refractivity contribution in [3.05, 3.63) is 71.9 Å². The second-order valence-corrected chi connectivity index (χ2v) is 5.63. The van der Waals surface area contributed by atoms with Gasteiger partial charge in [0.1, 0.15) is 0 Å². The maximum Gasteiger partial charge on any atom is 0.223 e. The first-order chi connectivity index (χ1) is 11.4. The number of nitrogens with one attached hydrogen (secondary N) is 2. The lowest BCUT2D eigenvalue weighted by atomic mass is 10.1. The van der Waals surface area contributed by atoms with Crippen LogP contribution in [0.25, 0.3) is 11.3 Å². The molecule has 1 aliphatic rings. The molecule has 0 saturated heterocycles. The van der Waals surface area contributed by atoms with Gasteiger partial charge in [0.15, 0.2) is 0 Å². The number of benzene rings is 2. The van der Waals surface area contributed by atoms with Crippen LogP contribution >= 0.6 is 0 Å². The highest BCUT2D eigenvalue weighted by atomic mass is 15.1. The minimum absolute atomic E-state index is 0.671. The van der Waals surface area contributed by atoms with Gasteiger partial charge in [-0.2, -0.15) is 0 Å². The average Bonchev–Trinajstić information content (AvgIpc) is 2.80. The van der Waals surface area contributed by atoms with Gasteiger partial charge in [0.05, 0.1) is 5.69 Å². The maximum absolute atomic E-state index is 4.77. The van der Waals surface area contributed by atoms with Crippen LogP contribution in [0.5, 0.6) is 0 Å². The van der Waals surface area contributed by atoms with E-state index in [1.807, 2.05) is 30.5 Å². The number of hydrogen-bond acceptors (Lipinski definition) is 4. The Balaban J connectivity index is 1.64. The van der Waals surface area contributed by atoms with E-state index in [0.717, 1.165) is 36.5 Å². The summed E-state index contributed by atoms with van der Waals surface area (Å²) >= 11 is 0. The Labute approximate surface area is 135 Å². The zero-order chi connectivity index (χ0) is 15.5. The number of para-hydroxylation sites is 1. The molecule has 0 spiro atoms. The van der Waals surface area contributed by atoms with E-state index in [1.165, 1.54) is 11.1 Å². The standard InChI is InChI=1S/C19H18N4/c1-2-6-14(7-3-1)12-21-19-22-13-15-10-11-20-17-9-5-4-8-16(17)18(15)23-19/h1-9,13,20H,10-12H2,(H,21,22,23). The van der Waals surface area contributed by atoms with E-state index in [-0.39, 0.29) is 0 Å². The highest BCUT2D eigenvalue weighted by molar-refractivity contribution is 5.78. The fraction of sp³-hybridized carbons (Fsp3) is 0.158. The quantitative estimate of drug-likeness (QED) is 0.774. The van der Waals surface area contributed by atoms with Crippen molar-refractivity contribution in [1.82, 2.24) is 9.97 Å². The van der Waals surface area contributed by atoms with Crippen LogP contribution in [-0.2, 0) is 13.0 Å². The Morgan fingerprint density at radius 3 is 2.74 bits per heavy atom. The topological polar surface area (TPSA) is 49.8 Å². The fourth-order valence-electron chi connectivity index (χ4n) is 2.86. The van der Waals surface area contributed by atoms with Crippen molar-refractivity contribution in [2.24, 2.45) is 0 Å². The smallest absolute Gasteiger partial charge is 0.223 e. The SMILES string of the molecule is c1ccc(CNc2ncc3c(n2)-c2ccccc2NCC3)cc1. The summed E-state index contributed by atoms with van der Waals surface area (Å²) in [6.45, 7) is 1.63. The number of aromatic nitrogens is 2. The summed E-state index contributed by atoms with van der Waals surface area (Å²) in [5.41, 5.74) is 5.71. The van der Waals surface area contributed by atoms with Gasteiger partial charge in [0.25, 0.3) is 0 Å².